The Morgan fingerprint density at radius 2 is 1.83 bits per heavy atom. The van der Waals surface area contributed by atoms with Crippen LogP contribution in [-0.2, 0) is 6.61 Å². The lowest BCUT2D eigenvalue weighted by Crippen LogP contribution is -2.17. The second kappa shape index (κ2) is 12.6. The van der Waals surface area contributed by atoms with Crippen molar-refractivity contribution >= 4 is 28.1 Å². The van der Waals surface area contributed by atoms with Crippen molar-refractivity contribution in [2.75, 3.05) is 20.8 Å². The van der Waals surface area contributed by atoms with Gasteiger partial charge < -0.3 is 18.9 Å². The van der Waals surface area contributed by atoms with Gasteiger partial charge in [-0.2, -0.15) is 5.10 Å². The molecule has 0 aliphatic heterocycles. The van der Waals surface area contributed by atoms with Crippen LogP contribution in [0.2, 0.25) is 0 Å². The molecular weight excluding hydrogens is 519 g/mol. The molecular formula is C26H24BrFN2O5. The van der Waals surface area contributed by atoms with E-state index in [4.69, 9.17) is 18.9 Å². The van der Waals surface area contributed by atoms with Crippen LogP contribution in [-0.4, -0.2) is 32.9 Å². The summed E-state index contributed by atoms with van der Waals surface area (Å²) in [5.41, 5.74) is 3.88. The highest BCUT2D eigenvalue weighted by atomic mass is 79.9. The molecule has 1 amide bonds. The second-order valence-electron chi connectivity index (χ2n) is 7.08. The molecule has 182 valence electrons. The Morgan fingerprint density at radius 3 is 2.54 bits per heavy atom. The Bertz CT molecular complexity index is 1230. The summed E-state index contributed by atoms with van der Waals surface area (Å²) in [6.07, 6.45) is 3.08. The first-order valence-corrected chi connectivity index (χ1v) is 11.2. The van der Waals surface area contributed by atoms with Crippen LogP contribution in [0, 0.1) is 5.82 Å². The van der Waals surface area contributed by atoms with E-state index in [1.165, 1.54) is 26.5 Å². The van der Waals surface area contributed by atoms with E-state index in [-0.39, 0.29) is 12.4 Å². The van der Waals surface area contributed by atoms with Crippen LogP contribution < -0.4 is 24.4 Å². The Hall–Kier alpha value is -3.85. The van der Waals surface area contributed by atoms with Gasteiger partial charge in [-0.15, -0.1) is 0 Å². The highest BCUT2D eigenvalue weighted by Crippen LogP contribution is 2.37. The van der Waals surface area contributed by atoms with Gasteiger partial charge in [0.25, 0.3) is 5.91 Å². The molecule has 0 fully saturated rings. The molecule has 0 aliphatic rings. The minimum absolute atomic E-state index is 0.0337. The summed E-state index contributed by atoms with van der Waals surface area (Å²) in [6.45, 7) is 3.96. The summed E-state index contributed by atoms with van der Waals surface area (Å²) in [6, 6.07) is 14.6. The van der Waals surface area contributed by atoms with Crippen LogP contribution in [0.3, 0.4) is 0 Å². The summed E-state index contributed by atoms with van der Waals surface area (Å²) in [5.74, 6) is 0.986. The van der Waals surface area contributed by atoms with E-state index in [2.05, 4.69) is 33.0 Å². The van der Waals surface area contributed by atoms with Crippen molar-refractivity contribution in [1.82, 2.24) is 5.43 Å². The van der Waals surface area contributed by atoms with Gasteiger partial charge in [0.15, 0.2) is 23.0 Å². The largest absolute Gasteiger partial charge is 0.493 e. The van der Waals surface area contributed by atoms with E-state index in [1.54, 1.807) is 54.6 Å². The first-order valence-electron chi connectivity index (χ1n) is 10.5. The van der Waals surface area contributed by atoms with E-state index in [1.807, 2.05) is 0 Å². The number of methoxy groups -OCH3 is 2. The van der Waals surface area contributed by atoms with Crippen molar-refractivity contribution in [1.29, 1.82) is 0 Å². The van der Waals surface area contributed by atoms with Crippen LogP contribution in [0.25, 0.3) is 0 Å². The predicted octanol–water partition coefficient (Wildman–Crippen LogP) is 5.51. The lowest BCUT2D eigenvalue weighted by atomic mass is 10.2. The number of benzene rings is 3. The molecule has 35 heavy (non-hydrogen) atoms. The first-order chi connectivity index (χ1) is 17.0. The first kappa shape index (κ1) is 25.8. The SMILES string of the molecule is C=CCOc1ccc(C(=O)N/N=C/c2cc(Br)c(OCc3ccccc3F)c(OC)c2)cc1OC. The number of ether oxygens (including phenoxy) is 4. The molecule has 3 rings (SSSR count). The maximum absolute atomic E-state index is 13.9. The summed E-state index contributed by atoms with van der Waals surface area (Å²) < 4.78 is 36.4. The van der Waals surface area contributed by atoms with Crippen LogP contribution in [0.15, 0.2) is 76.8 Å². The summed E-state index contributed by atoms with van der Waals surface area (Å²) >= 11 is 3.45. The van der Waals surface area contributed by atoms with Crippen LogP contribution in [0.1, 0.15) is 21.5 Å². The Morgan fingerprint density at radius 1 is 1.06 bits per heavy atom. The number of nitrogens with one attached hydrogen (secondary N) is 1. The molecule has 7 nitrogen and oxygen atoms in total. The van der Waals surface area contributed by atoms with Gasteiger partial charge in [0, 0.05) is 11.1 Å². The zero-order chi connectivity index (χ0) is 25.2. The summed E-state index contributed by atoms with van der Waals surface area (Å²) in [7, 11) is 2.99. The average Bonchev–Trinajstić information content (AvgIpc) is 2.87. The maximum atomic E-state index is 13.9. The van der Waals surface area contributed by atoms with Gasteiger partial charge in [0.05, 0.1) is 24.9 Å². The molecule has 0 aliphatic carbocycles. The van der Waals surface area contributed by atoms with Gasteiger partial charge >= 0.3 is 0 Å². The molecule has 9 heteroatoms. The van der Waals surface area contributed by atoms with Gasteiger partial charge in [-0.05, 0) is 57.9 Å². The van der Waals surface area contributed by atoms with Crippen molar-refractivity contribution in [3.63, 3.8) is 0 Å². The number of hydrogen-bond acceptors (Lipinski definition) is 6. The van der Waals surface area contributed by atoms with Crippen LogP contribution in [0.5, 0.6) is 23.0 Å². The number of hydrazone groups is 1. The van der Waals surface area contributed by atoms with Crippen molar-refractivity contribution < 1.29 is 28.1 Å². The number of amides is 1. The number of rotatable bonds is 11. The fourth-order valence-electron chi connectivity index (χ4n) is 3.03. The second-order valence-corrected chi connectivity index (χ2v) is 7.93. The fourth-order valence-corrected chi connectivity index (χ4v) is 3.60. The van der Waals surface area contributed by atoms with E-state index >= 15 is 0 Å². The number of carbonyl (C=O) groups is 1. The molecule has 0 atom stereocenters. The monoisotopic (exact) mass is 542 g/mol. The molecule has 0 heterocycles. The molecule has 3 aromatic carbocycles. The Balaban J connectivity index is 1.68. The zero-order valence-corrected chi connectivity index (χ0v) is 20.8. The van der Waals surface area contributed by atoms with Crippen LogP contribution in [0.4, 0.5) is 4.39 Å². The molecule has 1 N–H and O–H groups in total. The zero-order valence-electron chi connectivity index (χ0n) is 19.2. The highest BCUT2D eigenvalue weighted by molar-refractivity contribution is 9.10. The Kier molecular flexibility index (Phi) is 9.25. The number of halogens is 2. The normalized spacial score (nSPS) is 10.6. The smallest absolute Gasteiger partial charge is 0.271 e. The predicted molar refractivity (Wildman–Crippen MR) is 135 cm³/mol. The third-order valence-corrected chi connectivity index (χ3v) is 5.33. The van der Waals surface area contributed by atoms with E-state index < -0.39 is 5.91 Å². The van der Waals surface area contributed by atoms with E-state index in [9.17, 15) is 9.18 Å². The fraction of sp³-hybridized carbons (Fsp3) is 0.154. The van der Waals surface area contributed by atoms with Gasteiger partial charge in [0.1, 0.15) is 19.0 Å². The topological polar surface area (TPSA) is 78.4 Å². The van der Waals surface area contributed by atoms with E-state index in [0.29, 0.717) is 50.8 Å². The standard InChI is InChI=1S/C26H24BrFN2O5/c1-4-11-34-22-10-9-18(14-23(22)32-2)26(31)30-29-15-17-12-20(27)25(24(13-17)33-3)35-16-19-7-5-6-8-21(19)28/h4-10,12-15H,1,11,16H2,2-3H3,(H,30,31)/b29-15+. The van der Waals surface area contributed by atoms with Crippen LogP contribution >= 0.6 is 15.9 Å². The van der Waals surface area contributed by atoms with Gasteiger partial charge in [-0.3, -0.25) is 4.79 Å². The molecule has 0 saturated carbocycles. The van der Waals surface area contributed by atoms with Crippen molar-refractivity contribution in [2.24, 2.45) is 5.10 Å². The summed E-state index contributed by atoms with van der Waals surface area (Å²) in [5, 5.41) is 4.02. The van der Waals surface area contributed by atoms with Crippen molar-refractivity contribution in [3.8, 4) is 23.0 Å². The Labute approximate surface area is 211 Å². The van der Waals surface area contributed by atoms with Crippen molar-refractivity contribution in [2.45, 2.75) is 6.61 Å². The molecule has 0 saturated heterocycles. The molecule has 0 spiro atoms. The average molecular weight is 543 g/mol. The maximum Gasteiger partial charge on any atom is 0.271 e. The lowest BCUT2D eigenvalue weighted by Gasteiger charge is -2.14. The third-order valence-electron chi connectivity index (χ3n) is 4.74. The minimum Gasteiger partial charge on any atom is -0.493 e. The molecule has 3 aromatic rings. The van der Waals surface area contributed by atoms with E-state index in [0.717, 1.165) is 0 Å². The molecule has 0 bridgehead atoms. The molecule has 0 radical (unpaired) electrons. The lowest BCUT2D eigenvalue weighted by molar-refractivity contribution is 0.0954. The minimum atomic E-state index is -0.425. The molecule has 0 unspecified atom stereocenters. The number of nitrogens with zero attached hydrogens (tertiary/aromatic N) is 1. The number of hydrogen-bond donors (Lipinski definition) is 1. The number of carbonyl (C=O) groups excluding carboxylic acids is 1. The quantitative estimate of drug-likeness (QED) is 0.196. The van der Waals surface area contributed by atoms with Gasteiger partial charge in [0.2, 0.25) is 0 Å². The van der Waals surface area contributed by atoms with Gasteiger partial charge in [-0.1, -0.05) is 30.9 Å². The summed E-state index contributed by atoms with van der Waals surface area (Å²) in [4.78, 5) is 12.5. The van der Waals surface area contributed by atoms with Gasteiger partial charge in [-0.25, -0.2) is 9.82 Å². The third kappa shape index (κ3) is 6.83. The molecule has 0 aromatic heterocycles. The highest BCUT2D eigenvalue weighted by Gasteiger charge is 2.13. The van der Waals surface area contributed by atoms with Crippen molar-refractivity contribution in [3.05, 3.63) is 94.2 Å².